The Morgan fingerprint density at radius 1 is 1.12 bits per heavy atom. The van der Waals surface area contributed by atoms with Gasteiger partial charge in [0.2, 0.25) is 0 Å². The van der Waals surface area contributed by atoms with E-state index in [1.165, 1.54) is 4.90 Å². The number of phenolic OH excluding ortho intramolecular Hbond substituents is 3. The Hall–Kier alpha value is -3.42. The van der Waals surface area contributed by atoms with Crippen LogP contribution in [-0.4, -0.2) is 45.8 Å². The average molecular weight is 360 g/mol. The summed E-state index contributed by atoms with van der Waals surface area (Å²) in [7, 11) is 1.62. The topological polar surface area (TPSA) is 119 Å². The second-order valence-electron chi connectivity index (χ2n) is 5.58. The monoisotopic (exact) mass is 360 g/mol. The molecule has 0 saturated carbocycles. The summed E-state index contributed by atoms with van der Waals surface area (Å²) < 4.78 is 5.22. The fourth-order valence-corrected chi connectivity index (χ4v) is 2.05. The van der Waals surface area contributed by atoms with Gasteiger partial charge in [-0.1, -0.05) is 12.1 Å². The van der Waals surface area contributed by atoms with Crippen molar-refractivity contribution >= 4 is 12.0 Å². The number of carbonyl (C=O) groups is 2. The third kappa shape index (κ3) is 4.56. The summed E-state index contributed by atoms with van der Waals surface area (Å²) in [5, 5.41) is 30.8. The van der Waals surface area contributed by atoms with Crippen molar-refractivity contribution in [1.29, 1.82) is 0 Å². The van der Waals surface area contributed by atoms with Crippen molar-refractivity contribution in [2.24, 2.45) is 0 Å². The smallest absolute Gasteiger partial charge is 0.414 e. The first-order valence-corrected chi connectivity index (χ1v) is 7.86. The van der Waals surface area contributed by atoms with Gasteiger partial charge in [0.05, 0.1) is 0 Å². The van der Waals surface area contributed by atoms with Gasteiger partial charge in [-0.3, -0.25) is 4.79 Å². The van der Waals surface area contributed by atoms with Gasteiger partial charge >= 0.3 is 6.09 Å². The van der Waals surface area contributed by atoms with Crippen LogP contribution < -0.4 is 10.1 Å². The van der Waals surface area contributed by atoms with Gasteiger partial charge in [-0.25, -0.2) is 4.79 Å². The molecule has 2 amide bonds. The highest BCUT2D eigenvalue weighted by atomic mass is 16.6. The number of hydrogen-bond acceptors (Lipinski definition) is 6. The van der Waals surface area contributed by atoms with E-state index < -0.39 is 29.2 Å². The number of aromatic hydroxyl groups is 3. The number of carbonyl (C=O) groups excluding carboxylic acids is 2. The first-order chi connectivity index (χ1) is 12.3. The fourth-order valence-electron chi connectivity index (χ4n) is 2.05. The quantitative estimate of drug-likeness (QED) is 0.607. The highest BCUT2D eigenvalue weighted by Crippen LogP contribution is 2.35. The molecule has 0 aliphatic carbocycles. The molecule has 4 N–H and O–H groups in total. The van der Waals surface area contributed by atoms with Gasteiger partial charge in [0.1, 0.15) is 5.75 Å². The zero-order valence-corrected chi connectivity index (χ0v) is 14.4. The maximum absolute atomic E-state index is 12.1. The molecule has 2 rings (SSSR count). The van der Waals surface area contributed by atoms with Crippen molar-refractivity contribution in [3.8, 4) is 23.0 Å². The van der Waals surface area contributed by atoms with Crippen molar-refractivity contribution in [2.45, 2.75) is 13.5 Å². The van der Waals surface area contributed by atoms with Crippen LogP contribution in [0.3, 0.4) is 0 Å². The first-order valence-electron chi connectivity index (χ1n) is 7.86. The molecule has 0 heterocycles. The Morgan fingerprint density at radius 2 is 1.77 bits per heavy atom. The molecule has 0 bridgehead atoms. The van der Waals surface area contributed by atoms with E-state index in [4.69, 9.17) is 4.74 Å². The molecule has 0 aliphatic heterocycles. The molecule has 2 aromatic carbocycles. The Bertz CT molecular complexity index is 798. The van der Waals surface area contributed by atoms with Gasteiger partial charge in [-0.15, -0.1) is 0 Å². The predicted molar refractivity (Wildman–Crippen MR) is 93.4 cm³/mol. The molecular weight excluding hydrogens is 340 g/mol. The molecular formula is C18H20N2O6. The molecule has 0 spiro atoms. The van der Waals surface area contributed by atoms with E-state index in [0.717, 1.165) is 12.1 Å². The van der Waals surface area contributed by atoms with Gasteiger partial charge in [0, 0.05) is 25.7 Å². The number of benzene rings is 2. The van der Waals surface area contributed by atoms with Crippen LogP contribution in [0.25, 0.3) is 0 Å². The number of nitrogens with one attached hydrogen (secondary N) is 1. The van der Waals surface area contributed by atoms with Gasteiger partial charge in [0.15, 0.2) is 17.2 Å². The van der Waals surface area contributed by atoms with Crippen LogP contribution in [0.2, 0.25) is 0 Å². The molecule has 138 valence electrons. The SMILES string of the molecule is CCN(C)C(=O)Oc1cccc(CNC(=O)c2cc(O)c(O)c(O)c2)c1. The van der Waals surface area contributed by atoms with Crippen molar-refractivity contribution in [2.75, 3.05) is 13.6 Å². The van der Waals surface area contributed by atoms with Crippen LogP contribution in [0.15, 0.2) is 36.4 Å². The lowest BCUT2D eigenvalue weighted by Crippen LogP contribution is -2.29. The molecule has 0 aromatic heterocycles. The Kier molecular flexibility index (Phi) is 5.90. The highest BCUT2D eigenvalue weighted by Gasteiger charge is 2.14. The van der Waals surface area contributed by atoms with Crippen molar-refractivity contribution < 1.29 is 29.6 Å². The zero-order valence-electron chi connectivity index (χ0n) is 14.4. The van der Waals surface area contributed by atoms with E-state index in [0.29, 0.717) is 17.9 Å². The van der Waals surface area contributed by atoms with E-state index >= 15 is 0 Å². The molecule has 8 heteroatoms. The summed E-state index contributed by atoms with van der Waals surface area (Å²) in [4.78, 5) is 25.3. The number of ether oxygens (including phenoxy) is 1. The summed E-state index contributed by atoms with van der Waals surface area (Å²) in [5.74, 6) is -2.08. The third-order valence-corrected chi connectivity index (χ3v) is 3.67. The van der Waals surface area contributed by atoms with Crippen LogP contribution in [0.5, 0.6) is 23.0 Å². The molecule has 26 heavy (non-hydrogen) atoms. The van der Waals surface area contributed by atoms with Crippen LogP contribution >= 0.6 is 0 Å². The third-order valence-electron chi connectivity index (χ3n) is 3.67. The van der Waals surface area contributed by atoms with Gasteiger partial charge in [0.25, 0.3) is 5.91 Å². The van der Waals surface area contributed by atoms with Crippen LogP contribution in [0.4, 0.5) is 4.79 Å². The van der Waals surface area contributed by atoms with E-state index in [1.54, 1.807) is 31.3 Å². The number of nitrogens with zero attached hydrogens (tertiary/aromatic N) is 1. The average Bonchev–Trinajstić information content (AvgIpc) is 2.63. The van der Waals surface area contributed by atoms with Crippen LogP contribution in [0.1, 0.15) is 22.8 Å². The summed E-state index contributed by atoms with van der Waals surface area (Å²) in [5.41, 5.74) is 0.681. The number of rotatable bonds is 5. The minimum atomic E-state index is -0.687. The summed E-state index contributed by atoms with van der Waals surface area (Å²) in [6.07, 6.45) is -0.483. The van der Waals surface area contributed by atoms with E-state index in [1.807, 2.05) is 6.92 Å². The summed E-state index contributed by atoms with van der Waals surface area (Å²) >= 11 is 0. The molecule has 0 fully saturated rings. The molecule has 2 aromatic rings. The van der Waals surface area contributed by atoms with Gasteiger partial charge in [-0.05, 0) is 36.8 Å². The molecule has 8 nitrogen and oxygen atoms in total. The van der Waals surface area contributed by atoms with Crippen molar-refractivity contribution in [1.82, 2.24) is 10.2 Å². The maximum atomic E-state index is 12.1. The number of hydrogen-bond donors (Lipinski definition) is 4. The second-order valence-corrected chi connectivity index (χ2v) is 5.58. The molecule has 0 atom stereocenters. The molecule has 0 saturated heterocycles. The molecule has 0 unspecified atom stereocenters. The second kappa shape index (κ2) is 8.11. The Morgan fingerprint density at radius 3 is 2.38 bits per heavy atom. The van der Waals surface area contributed by atoms with E-state index in [-0.39, 0.29) is 12.1 Å². The lowest BCUT2D eigenvalue weighted by atomic mass is 10.1. The summed E-state index contributed by atoms with van der Waals surface area (Å²) in [6.45, 7) is 2.48. The van der Waals surface area contributed by atoms with Crippen LogP contribution in [-0.2, 0) is 6.54 Å². The predicted octanol–water partition coefficient (Wildman–Crippen LogP) is 2.18. The lowest BCUT2D eigenvalue weighted by Gasteiger charge is -2.14. The molecule has 0 aliphatic rings. The number of phenols is 3. The Labute approximate surface area is 150 Å². The summed E-state index contributed by atoms with van der Waals surface area (Å²) in [6, 6.07) is 8.77. The highest BCUT2D eigenvalue weighted by molar-refractivity contribution is 5.95. The van der Waals surface area contributed by atoms with Crippen molar-refractivity contribution in [3.63, 3.8) is 0 Å². The van der Waals surface area contributed by atoms with Crippen molar-refractivity contribution in [3.05, 3.63) is 47.5 Å². The van der Waals surface area contributed by atoms with E-state index in [2.05, 4.69) is 5.32 Å². The standard InChI is InChI=1S/C18H20N2O6/c1-3-20(2)18(25)26-13-6-4-5-11(7-13)10-19-17(24)12-8-14(21)16(23)15(22)9-12/h4-9,21-23H,3,10H2,1-2H3,(H,19,24). The maximum Gasteiger partial charge on any atom is 0.414 e. The minimum absolute atomic E-state index is 0.00930. The minimum Gasteiger partial charge on any atom is -0.504 e. The van der Waals surface area contributed by atoms with Crippen LogP contribution in [0, 0.1) is 0 Å². The van der Waals surface area contributed by atoms with Gasteiger partial charge in [-0.2, -0.15) is 0 Å². The molecule has 0 radical (unpaired) electrons. The lowest BCUT2D eigenvalue weighted by molar-refractivity contribution is 0.0949. The normalized spacial score (nSPS) is 10.2. The van der Waals surface area contributed by atoms with Gasteiger partial charge < -0.3 is 30.3 Å². The fraction of sp³-hybridized carbons (Fsp3) is 0.222. The zero-order chi connectivity index (χ0) is 19.3. The first kappa shape index (κ1) is 18.9. The number of amides is 2. The largest absolute Gasteiger partial charge is 0.504 e. The Balaban J connectivity index is 2.02. The van der Waals surface area contributed by atoms with E-state index in [9.17, 15) is 24.9 Å².